The molecule has 0 fully saturated rings. The van der Waals surface area contributed by atoms with E-state index in [1.165, 1.54) is 11.3 Å². The van der Waals surface area contributed by atoms with E-state index in [1.54, 1.807) is 13.3 Å². The van der Waals surface area contributed by atoms with Gasteiger partial charge in [-0.2, -0.15) is 4.98 Å². The molecule has 0 radical (unpaired) electrons. The first-order valence-corrected chi connectivity index (χ1v) is 10.3. The minimum Gasteiger partial charge on any atom is -0.497 e. The van der Waals surface area contributed by atoms with E-state index in [-0.39, 0.29) is 18.4 Å². The molecule has 0 unspecified atom stereocenters. The van der Waals surface area contributed by atoms with Crippen LogP contribution in [0.5, 0.6) is 5.75 Å². The molecule has 0 spiro atoms. The van der Waals surface area contributed by atoms with Crippen LogP contribution in [0.3, 0.4) is 0 Å². The monoisotopic (exact) mass is 423 g/mol. The molecule has 0 saturated carbocycles. The predicted octanol–water partition coefficient (Wildman–Crippen LogP) is 3.38. The molecule has 3 aromatic heterocycles. The normalized spacial score (nSPS) is 11.9. The van der Waals surface area contributed by atoms with Gasteiger partial charge in [0.15, 0.2) is 0 Å². The first kappa shape index (κ1) is 19.8. The van der Waals surface area contributed by atoms with Crippen LogP contribution in [0.2, 0.25) is 0 Å². The molecule has 0 saturated heterocycles. The van der Waals surface area contributed by atoms with E-state index in [9.17, 15) is 4.79 Å². The van der Waals surface area contributed by atoms with Crippen LogP contribution in [0.25, 0.3) is 10.7 Å². The number of carbonyl (C=O) groups is 1. The Morgan fingerprint density at radius 2 is 2.13 bits per heavy atom. The lowest BCUT2D eigenvalue weighted by molar-refractivity contribution is -0.121. The summed E-state index contributed by atoms with van der Waals surface area (Å²) in [4.78, 5) is 22.4. The maximum Gasteiger partial charge on any atom is 0.227 e. The van der Waals surface area contributed by atoms with Crippen molar-refractivity contribution in [3.05, 3.63) is 71.5 Å². The van der Waals surface area contributed by atoms with Gasteiger partial charge in [-0.3, -0.25) is 4.79 Å². The second-order valence-electron chi connectivity index (χ2n) is 6.66. The zero-order valence-electron chi connectivity index (χ0n) is 16.6. The Morgan fingerprint density at radius 1 is 1.30 bits per heavy atom. The fourth-order valence-electron chi connectivity index (χ4n) is 3.06. The Hall–Kier alpha value is -3.46. The Bertz CT molecular complexity index is 1100. The first-order valence-electron chi connectivity index (χ1n) is 9.41. The average Bonchev–Trinajstić information content (AvgIpc) is 3.52. The Morgan fingerprint density at radius 3 is 2.80 bits per heavy atom. The highest BCUT2D eigenvalue weighted by Crippen LogP contribution is 2.24. The highest BCUT2D eigenvalue weighted by atomic mass is 32.1. The number of hydrogen-bond donors (Lipinski definition) is 1. The zero-order chi connectivity index (χ0) is 20.9. The summed E-state index contributed by atoms with van der Waals surface area (Å²) in [6.07, 6.45) is 4.15. The van der Waals surface area contributed by atoms with Crippen molar-refractivity contribution in [2.75, 3.05) is 7.11 Å². The summed E-state index contributed by atoms with van der Waals surface area (Å²) in [6.45, 7) is 0. The minimum atomic E-state index is -0.382. The molecule has 154 valence electrons. The maximum absolute atomic E-state index is 12.7. The quantitative estimate of drug-likeness (QED) is 0.467. The summed E-state index contributed by atoms with van der Waals surface area (Å²) in [7, 11) is 3.52. The van der Waals surface area contributed by atoms with Crippen molar-refractivity contribution < 1.29 is 14.1 Å². The van der Waals surface area contributed by atoms with Crippen LogP contribution in [0.1, 0.15) is 29.7 Å². The molecule has 1 N–H and O–H groups in total. The summed E-state index contributed by atoms with van der Waals surface area (Å²) in [5, 5.41) is 9.00. The average molecular weight is 423 g/mol. The third-order valence-corrected chi connectivity index (χ3v) is 5.51. The van der Waals surface area contributed by atoms with Gasteiger partial charge in [0.2, 0.25) is 17.6 Å². The van der Waals surface area contributed by atoms with Crippen molar-refractivity contribution >= 4 is 17.2 Å². The van der Waals surface area contributed by atoms with E-state index in [4.69, 9.17) is 9.26 Å². The van der Waals surface area contributed by atoms with Crippen LogP contribution in [0, 0.1) is 0 Å². The molecule has 1 amide bonds. The van der Waals surface area contributed by atoms with E-state index < -0.39 is 0 Å². The van der Waals surface area contributed by atoms with E-state index in [0.717, 1.165) is 22.0 Å². The van der Waals surface area contributed by atoms with E-state index in [0.29, 0.717) is 18.1 Å². The summed E-state index contributed by atoms with van der Waals surface area (Å²) in [5.74, 6) is 2.35. The Kier molecular flexibility index (Phi) is 5.89. The number of nitrogens with zero attached hydrogens (tertiary/aromatic N) is 4. The molecule has 0 aliphatic rings. The van der Waals surface area contributed by atoms with Gasteiger partial charge in [-0.25, -0.2) is 4.98 Å². The van der Waals surface area contributed by atoms with Crippen molar-refractivity contribution in [1.82, 2.24) is 25.0 Å². The smallest absolute Gasteiger partial charge is 0.227 e. The molecular weight excluding hydrogens is 402 g/mol. The second kappa shape index (κ2) is 8.91. The molecule has 1 atom stereocenters. The van der Waals surface area contributed by atoms with E-state index in [1.807, 2.05) is 59.6 Å². The third kappa shape index (κ3) is 4.41. The highest BCUT2D eigenvalue weighted by Gasteiger charge is 2.21. The number of amides is 1. The Balaban J connectivity index is 1.44. The lowest BCUT2D eigenvalue weighted by Gasteiger charge is -2.19. The number of hydrogen-bond acceptors (Lipinski definition) is 7. The van der Waals surface area contributed by atoms with Gasteiger partial charge in [0, 0.05) is 32.3 Å². The van der Waals surface area contributed by atoms with Crippen molar-refractivity contribution in [3.8, 4) is 16.5 Å². The van der Waals surface area contributed by atoms with Crippen LogP contribution in [-0.4, -0.2) is 32.7 Å². The number of ether oxygens (including phenoxy) is 1. The molecule has 1 aromatic carbocycles. The number of nitrogens with one attached hydrogen (secondary N) is 1. The number of thiophene rings is 1. The number of rotatable bonds is 8. The number of benzene rings is 1. The van der Waals surface area contributed by atoms with Crippen LogP contribution in [0.4, 0.5) is 0 Å². The molecule has 3 heterocycles. The topological polar surface area (TPSA) is 95.1 Å². The van der Waals surface area contributed by atoms with Crippen molar-refractivity contribution in [3.63, 3.8) is 0 Å². The lowest BCUT2D eigenvalue weighted by atomic mass is 10.1. The van der Waals surface area contributed by atoms with Gasteiger partial charge >= 0.3 is 0 Å². The summed E-state index contributed by atoms with van der Waals surface area (Å²) in [5.41, 5.74) is 0.913. The third-order valence-electron chi connectivity index (χ3n) is 4.65. The molecule has 8 nitrogen and oxygen atoms in total. The van der Waals surface area contributed by atoms with E-state index in [2.05, 4.69) is 20.4 Å². The summed E-state index contributed by atoms with van der Waals surface area (Å²) in [6, 6.07) is 11.0. The van der Waals surface area contributed by atoms with Crippen LogP contribution in [0.15, 0.2) is 58.7 Å². The van der Waals surface area contributed by atoms with Gasteiger partial charge in [0.1, 0.15) is 17.6 Å². The highest BCUT2D eigenvalue weighted by molar-refractivity contribution is 7.13. The van der Waals surface area contributed by atoms with Crippen LogP contribution in [-0.2, 0) is 18.3 Å². The number of methoxy groups -OCH3 is 1. The minimum absolute atomic E-state index is 0.130. The molecule has 4 rings (SSSR count). The second-order valence-corrected chi connectivity index (χ2v) is 7.61. The maximum atomic E-state index is 12.7. The van der Waals surface area contributed by atoms with Gasteiger partial charge in [-0.1, -0.05) is 23.4 Å². The van der Waals surface area contributed by atoms with Gasteiger partial charge in [0.05, 0.1) is 12.0 Å². The largest absolute Gasteiger partial charge is 0.497 e. The fraction of sp³-hybridized carbons (Fsp3) is 0.238. The fourth-order valence-corrected chi connectivity index (χ4v) is 3.71. The standard InChI is InChI=1S/C21H21N5O3S/c1-26-12-11-22-21(26)19(14-5-7-15(28-2)8-6-14)23-17(27)9-10-18-24-20(25-29-18)16-4-3-13-30-16/h3-8,11-13,19H,9-10H2,1-2H3,(H,23,27)/t19-/m1/s1. The van der Waals surface area contributed by atoms with Gasteiger partial charge < -0.3 is 19.1 Å². The van der Waals surface area contributed by atoms with Crippen molar-refractivity contribution in [2.24, 2.45) is 7.05 Å². The lowest BCUT2D eigenvalue weighted by Crippen LogP contribution is -2.31. The summed E-state index contributed by atoms with van der Waals surface area (Å²) >= 11 is 1.54. The van der Waals surface area contributed by atoms with Crippen molar-refractivity contribution in [1.29, 1.82) is 0 Å². The number of imidazole rings is 1. The number of aromatic nitrogens is 4. The van der Waals surface area contributed by atoms with Gasteiger partial charge in [0.25, 0.3) is 0 Å². The molecular formula is C21H21N5O3S. The molecule has 0 bridgehead atoms. The molecule has 4 aromatic rings. The van der Waals surface area contributed by atoms with Crippen LogP contribution >= 0.6 is 11.3 Å². The van der Waals surface area contributed by atoms with Crippen LogP contribution < -0.4 is 10.1 Å². The Labute approximate surface area is 177 Å². The van der Waals surface area contributed by atoms with E-state index >= 15 is 0 Å². The first-order chi connectivity index (χ1) is 14.6. The summed E-state index contributed by atoms with van der Waals surface area (Å²) < 4.78 is 12.4. The predicted molar refractivity (Wildman–Crippen MR) is 112 cm³/mol. The van der Waals surface area contributed by atoms with Gasteiger partial charge in [-0.15, -0.1) is 11.3 Å². The van der Waals surface area contributed by atoms with Gasteiger partial charge in [-0.05, 0) is 29.1 Å². The number of aryl methyl sites for hydroxylation is 2. The van der Waals surface area contributed by atoms with Crippen molar-refractivity contribution in [2.45, 2.75) is 18.9 Å². The molecule has 30 heavy (non-hydrogen) atoms. The zero-order valence-corrected chi connectivity index (χ0v) is 17.4. The SMILES string of the molecule is COc1ccc([C@@H](NC(=O)CCc2nc(-c3cccs3)no2)c2nccn2C)cc1. The molecule has 9 heteroatoms. The molecule has 0 aliphatic heterocycles. The molecule has 0 aliphatic carbocycles. The number of carbonyl (C=O) groups excluding carboxylic acids is 1.